The highest BCUT2D eigenvalue weighted by atomic mass is 32.1. The number of nitrogens with zero attached hydrogens (tertiary/aromatic N) is 4. The summed E-state index contributed by atoms with van der Waals surface area (Å²) < 4.78 is 11.7. The van der Waals surface area contributed by atoms with E-state index in [1.807, 2.05) is 41.8 Å². The van der Waals surface area contributed by atoms with Crippen LogP contribution in [0.3, 0.4) is 0 Å². The second-order valence-electron chi connectivity index (χ2n) is 6.94. The fourth-order valence-electron chi connectivity index (χ4n) is 3.50. The lowest BCUT2D eigenvalue weighted by Crippen LogP contribution is -2.36. The zero-order valence-electron chi connectivity index (χ0n) is 17.0. The maximum Gasteiger partial charge on any atom is 0.250 e. The van der Waals surface area contributed by atoms with E-state index < -0.39 is 0 Å². The first-order valence-electron chi connectivity index (χ1n) is 9.95. The van der Waals surface area contributed by atoms with Gasteiger partial charge in [-0.2, -0.15) is 0 Å². The molecule has 0 atom stereocenters. The first kappa shape index (κ1) is 20.0. The van der Waals surface area contributed by atoms with Crippen LogP contribution >= 0.6 is 11.3 Å². The van der Waals surface area contributed by atoms with Crippen molar-refractivity contribution >= 4 is 45.3 Å². The molecular weight excluding hydrogens is 426 g/mol. The Kier molecular flexibility index (Phi) is 5.39. The third kappa shape index (κ3) is 3.85. The van der Waals surface area contributed by atoms with Crippen LogP contribution in [0.2, 0.25) is 0 Å². The maximum absolute atomic E-state index is 12.3. The number of hydrogen-bond acceptors (Lipinski definition) is 8. The van der Waals surface area contributed by atoms with Crippen LogP contribution < -0.4 is 19.7 Å². The summed E-state index contributed by atoms with van der Waals surface area (Å²) in [5.74, 6) is 1.75. The van der Waals surface area contributed by atoms with E-state index in [2.05, 4.69) is 26.8 Å². The van der Waals surface area contributed by atoms with Crippen molar-refractivity contribution in [3.8, 4) is 11.5 Å². The number of thiazole rings is 1. The Morgan fingerprint density at radius 1 is 1.22 bits per heavy atom. The predicted octanol–water partition coefficient (Wildman–Crippen LogP) is 4.32. The molecule has 0 aliphatic carbocycles. The Morgan fingerprint density at radius 3 is 2.88 bits per heavy atom. The van der Waals surface area contributed by atoms with Crippen LogP contribution in [0.25, 0.3) is 10.9 Å². The molecule has 0 fully saturated rings. The molecule has 9 heteroatoms. The molecule has 3 heterocycles. The van der Waals surface area contributed by atoms with Gasteiger partial charge in [-0.25, -0.2) is 15.0 Å². The number of carbonyl (C=O) groups excluding carboxylic acids is 1. The van der Waals surface area contributed by atoms with Gasteiger partial charge in [-0.1, -0.05) is 6.58 Å². The Hall–Kier alpha value is -3.98. The molecule has 0 bridgehead atoms. The molecule has 5 rings (SSSR count). The molecule has 4 aromatic rings. The maximum atomic E-state index is 12.3. The minimum absolute atomic E-state index is 0.173. The van der Waals surface area contributed by atoms with E-state index in [9.17, 15) is 4.79 Å². The lowest BCUT2D eigenvalue weighted by Gasteiger charge is -2.29. The third-order valence-electron chi connectivity index (χ3n) is 4.99. The van der Waals surface area contributed by atoms with E-state index >= 15 is 0 Å². The molecule has 8 nitrogen and oxygen atoms in total. The highest BCUT2D eigenvalue weighted by molar-refractivity contribution is 7.09. The second kappa shape index (κ2) is 8.64. The summed E-state index contributed by atoms with van der Waals surface area (Å²) in [6.07, 6.45) is 4.56. The average molecular weight is 446 g/mol. The minimum atomic E-state index is -0.173. The van der Waals surface area contributed by atoms with Gasteiger partial charge >= 0.3 is 0 Å². The number of hydrogen-bond donors (Lipinski definition) is 1. The molecule has 0 saturated heterocycles. The normalized spacial score (nSPS) is 12.7. The number of amides is 1. The van der Waals surface area contributed by atoms with Gasteiger partial charge in [-0.15, -0.1) is 11.3 Å². The first-order valence-corrected chi connectivity index (χ1v) is 10.8. The number of fused-ring (bicyclic) bond motifs is 3. The van der Waals surface area contributed by atoms with Crippen molar-refractivity contribution in [1.82, 2.24) is 15.0 Å². The van der Waals surface area contributed by atoms with Crippen molar-refractivity contribution < 1.29 is 14.3 Å². The highest BCUT2D eigenvalue weighted by Gasteiger charge is 2.25. The minimum Gasteiger partial charge on any atom is -0.489 e. The van der Waals surface area contributed by atoms with Crippen molar-refractivity contribution in [2.24, 2.45) is 0 Å². The van der Waals surface area contributed by atoms with Gasteiger partial charge in [-0.05, 0) is 42.5 Å². The van der Waals surface area contributed by atoms with Gasteiger partial charge in [0.2, 0.25) is 0 Å². The Morgan fingerprint density at radius 2 is 2.09 bits per heavy atom. The SMILES string of the molecule is C=CC(=O)N1CCOc2c1ccc1ncnc(Nc3ccc(OCc4nccs4)cc3)c21. The number of nitrogens with one attached hydrogen (secondary N) is 1. The molecule has 32 heavy (non-hydrogen) atoms. The summed E-state index contributed by atoms with van der Waals surface area (Å²) in [5, 5.41) is 6.90. The second-order valence-corrected chi connectivity index (χ2v) is 7.92. The van der Waals surface area contributed by atoms with Gasteiger partial charge in [-0.3, -0.25) is 4.79 Å². The van der Waals surface area contributed by atoms with Crippen LogP contribution in [0.4, 0.5) is 17.2 Å². The van der Waals surface area contributed by atoms with Crippen LogP contribution in [0.15, 0.2) is 67.0 Å². The van der Waals surface area contributed by atoms with E-state index in [0.29, 0.717) is 37.0 Å². The van der Waals surface area contributed by atoms with Crippen molar-refractivity contribution in [1.29, 1.82) is 0 Å². The summed E-state index contributed by atoms with van der Waals surface area (Å²) in [7, 11) is 0. The number of benzene rings is 2. The number of carbonyl (C=O) groups is 1. The van der Waals surface area contributed by atoms with E-state index in [4.69, 9.17) is 9.47 Å². The quantitative estimate of drug-likeness (QED) is 0.442. The molecule has 1 amide bonds. The smallest absolute Gasteiger partial charge is 0.250 e. The van der Waals surface area contributed by atoms with Crippen LogP contribution in [0.1, 0.15) is 5.01 Å². The molecule has 1 aliphatic rings. The van der Waals surface area contributed by atoms with Crippen LogP contribution in [0, 0.1) is 0 Å². The van der Waals surface area contributed by atoms with Gasteiger partial charge in [0.1, 0.15) is 36.1 Å². The fourth-order valence-corrected chi connectivity index (χ4v) is 4.03. The molecule has 0 unspecified atom stereocenters. The van der Waals surface area contributed by atoms with E-state index in [0.717, 1.165) is 27.3 Å². The molecule has 1 aliphatic heterocycles. The third-order valence-corrected chi connectivity index (χ3v) is 5.74. The number of anilines is 3. The van der Waals surface area contributed by atoms with Gasteiger partial charge in [0, 0.05) is 17.3 Å². The lowest BCUT2D eigenvalue weighted by atomic mass is 10.1. The van der Waals surface area contributed by atoms with E-state index in [-0.39, 0.29) is 5.91 Å². The van der Waals surface area contributed by atoms with Crippen molar-refractivity contribution in [2.45, 2.75) is 6.61 Å². The zero-order chi connectivity index (χ0) is 21.9. The van der Waals surface area contributed by atoms with Crippen molar-refractivity contribution in [3.05, 3.63) is 72.0 Å². The van der Waals surface area contributed by atoms with Crippen LogP contribution in [-0.4, -0.2) is 34.0 Å². The number of aromatic nitrogens is 3. The van der Waals surface area contributed by atoms with Crippen LogP contribution in [-0.2, 0) is 11.4 Å². The monoisotopic (exact) mass is 445 g/mol. The topological polar surface area (TPSA) is 89.5 Å². The summed E-state index contributed by atoms with van der Waals surface area (Å²) in [4.78, 5) is 27.0. The van der Waals surface area contributed by atoms with E-state index in [1.165, 1.54) is 12.4 Å². The largest absolute Gasteiger partial charge is 0.489 e. The Bertz CT molecular complexity index is 1280. The Labute approximate surface area is 188 Å². The van der Waals surface area contributed by atoms with Crippen molar-refractivity contribution in [2.75, 3.05) is 23.4 Å². The standard InChI is InChI=1S/C23H19N5O3S/c1-2-20(29)28-10-11-30-22-18(28)8-7-17-21(22)23(26-14-25-17)27-15-3-5-16(6-4-15)31-13-19-24-9-12-32-19/h2-9,12,14H,1,10-11,13H2,(H,25,26,27). The first-order chi connectivity index (χ1) is 15.7. The zero-order valence-corrected chi connectivity index (χ0v) is 17.8. The molecule has 0 spiro atoms. The Balaban J connectivity index is 1.43. The fraction of sp³-hybridized carbons (Fsp3) is 0.130. The predicted molar refractivity (Wildman–Crippen MR) is 124 cm³/mol. The van der Waals surface area contributed by atoms with Gasteiger partial charge < -0.3 is 19.7 Å². The summed E-state index contributed by atoms with van der Waals surface area (Å²) in [5.41, 5.74) is 2.23. The summed E-state index contributed by atoms with van der Waals surface area (Å²) >= 11 is 1.56. The molecule has 0 saturated carbocycles. The molecular formula is C23H19N5O3S. The van der Waals surface area contributed by atoms with E-state index in [1.54, 1.807) is 22.4 Å². The summed E-state index contributed by atoms with van der Waals surface area (Å²) in [6, 6.07) is 11.3. The lowest BCUT2D eigenvalue weighted by molar-refractivity contribution is -0.114. The van der Waals surface area contributed by atoms with Gasteiger partial charge in [0.25, 0.3) is 5.91 Å². The molecule has 0 radical (unpaired) electrons. The van der Waals surface area contributed by atoms with Crippen molar-refractivity contribution in [3.63, 3.8) is 0 Å². The van der Waals surface area contributed by atoms with Gasteiger partial charge in [0.15, 0.2) is 5.75 Å². The average Bonchev–Trinajstić information content (AvgIpc) is 3.36. The molecule has 1 N–H and O–H groups in total. The highest BCUT2D eigenvalue weighted by Crippen LogP contribution is 2.41. The molecule has 2 aromatic heterocycles. The van der Waals surface area contributed by atoms with Crippen LogP contribution in [0.5, 0.6) is 11.5 Å². The van der Waals surface area contributed by atoms with Gasteiger partial charge in [0.05, 0.1) is 23.1 Å². The summed E-state index contributed by atoms with van der Waals surface area (Å²) in [6.45, 7) is 4.87. The molecule has 160 valence electrons. The number of rotatable bonds is 6. The molecule has 2 aromatic carbocycles. The number of ether oxygens (including phenoxy) is 2.